The van der Waals surface area contributed by atoms with E-state index in [0.717, 1.165) is 27.8 Å². The first-order valence-electron chi connectivity index (χ1n) is 10.6. The monoisotopic (exact) mass is 531 g/mol. The van der Waals surface area contributed by atoms with Gasteiger partial charge in [0.15, 0.2) is 5.75 Å². The number of hydrogen-bond acceptors (Lipinski definition) is 5. The van der Waals surface area contributed by atoms with Crippen LogP contribution in [0.2, 0.25) is 10.0 Å². The van der Waals surface area contributed by atoms with E-state index in [9.17, 15) is 14.0 Å². The van der Waals surface area contributed by atoms with Gasteiger partial charge in [-0.3, -0.25) is 14.5 Å². The van der Waals surface area contributed by atoms with E-state index < -0.39 is 5.91 Å². The van der Waals surface area contributed by atoms with Crippen molar-refractivity contribution in [3.63, 3.8) is 0 Å². The van der Waals surface area contributed by atoms with Gasteiger partial charge in [-0.25, -0.2) is 4.39 Å². The summed E-state index contributed by atoms with van der Waals surface area (Å²) in [5.74, 6) is 0.203. The number of imide groups is 1. The molecule has 0 aromatic heterocycles. The molecule has 1 aliphatic heterocycles. The van der Waals surface area contributed by atoms with Crippen molar-refractivity contribution in [3.05, 3.63) is 98.1 Å². The number of carbonyl (C=O) groups is 2. The largest absolute Gasteiger partial charge is 0.492 e. The second-order valence-corrected chi connectivity index (χ2v) is 9.53. The van der Waals surface area contributed by atoms with Crippen LogP contribution in [0.5, 0.6) is 11.5 Å². The lowest BCUT2D eigenvalue weighted by atomic mass is 10.2. The van der Waals surface area contributed by atoms with Crippen molar-refractivity contribution in [2.24, 2.45) is 0 Å². The molecule has 0 aliphatic carbocycles. The van der Waals surface area contributed by atoms with E-state index in [4.69, 9.17) is 32.7 Å². The lowest BCUT2D eigenvalue weighted by Gasteiger charge is -2.13. The molecule has 0 N–H and O–H groups in total. The van der Waals surface area contributed by atoms with E-state index in [-0.39, 0.29) is 51.5 Å². The van der Waals surface area contributed by atoms with Gasteiger partial charge in [-0.05, 0) is 72.3 Å². The summed E-state index contributed by atoms with van der Waals surface area (Å²) in [5.41, 5.74) is 2.42. The molecular formula is C26H20Cl2FNO4S. The smallest absolute Gasteiger partial charge is 0.293 e. The zero-order valence-corrected chi connectivity index (χ0v) is 20.9. The summed E-state index contributed by atoms with van der Waals surface area (Å²) in [7, 11) is 0. The normalized spacial score (nSPS) is 14.6. The molecule has 0 atom stereocenters. The van der Waals surface area contributed by atoms with Crippen LogP contribution in [0.4, 0.5) is 9.18 Å². The molecule has 3 aromatic carbocycles. The third-order valence-corrected chi connectivity index (χ3v) is 6.56. The van der Waals surface area contributed by atoms with Gasteiger partial charge in [-0.15, -0.1) is 0 Å². The SMILES string of the molecule is Cc1ccc(OCCN2C(=O)S/C(=C\c3cc(Cl)c(OCc4ccc(F)cc4)c(Cl)c3)C2=O)cc1. The number of hydrogen-bond donors (Lipinski definition) is 0. The fraction of sp³-hybridized carbons (Fsp3) is 0.154. The van der Waals surface area contributed by atoms with Crippen molar-refractivity contribution in [1.82, 2.24) is 4.90 Å². The van der Waals surface area contributed by atoms with Crippen LogP contribution >= 0.6 is 35.0 Å². The highest BCUT2D eigenvalue weighted by molar-refractivity contribution is 8.18. The fourth-order valence-electron chi connectivity index (χ4n) is 3.27. The second-order valence-electron chi connectivity index (χ2n) is 7.72. The molecule has 0 unspecified atom stereocenters. The Balaban J connectivity index is 1.40. The summed E-state index contributed by atoms with van der Waals surface area (Å²) in [6, 6.07) is 16.6. The molecule has 2 amide bonds. The van der Waals surface area contributed by atoms with Crippen molar-refractivity contribution in [2.75, 3.05) is 13.2 Å². The number of aryl methyl sites for hydroxylation is 1. The predicted molar refractivity (Wildman–Crippen MR) is 137 cm³/mol. The van der Waals surface area contributed by atoms with Gasteiger partial charge in [0.1, 0.15) is 24.8 Å². The average Bonchev–Trinajstić information content (AvgIpc) is 3.08. The molecule has 0 spiro atoms. The summed E-state index contributed by atoms with van der Waals surface area (Å²) in [6.45, 7) is 2.45. The predicted octanol–water partition coefficient (Wildman–Crippen LogP) is 7.14. The summed E-state index contributed by atoms with van der Waals surface area (Å²) >= 11 is 13.6. The molecule has 0 bridgehead atoms. The van der Waals surface area contributed by atoms with Gasteiger partial charge in [0.25, 0.3) is 11.1 Å². The van der Waals surface area contributed by atoms with Gasteiger partial charge >= 0.3 is 0 Å². The number of halogens is 3. The van der Waals surface area contributed by atoms with Gasteiger partial charge in [-0.2, -0.15) is 0 Å². The molecular weight excluding hydrogens is 512 g/mol. The number of amides is 2. The highest BCUT2D eigenvalue weighted by Crippen LogP contribution is 2.37. The van der Waals surface area contributed by atoms with E-state index in [1.54, 1.807) is 30.3 Å². The summed E-state index contributed by atoms with van der Waals surface area (Å²) in [6.07, 6.45) is 1.56. The average molecular weight is 532 g/mol. The Morgan fingerprint density at radius 3 is 2.29 bits per heavy atom. The highest BCUT2D eigenvalue weighted by Gasteiger charge is 2.34. The molecule has 0 saturated carbocycles. The molecule has 0 radical (unpaired) electrons. The Morgan fingerprint density at radius 2 is 1.63 bits per heavy atom. The van der Waals surface area contributed by atoms with Crippen LogP contribution in [0, 0.1) is 12.7 Å². The molecule has 1 aliphatic rings. The van der Waals surface area contributed by atoms with Crippen molar-refractivity contribution in [2.45, 2.75) is 13.5 Å². The van der Waals surface area contributed by atoms with Crippen molar-refractivity contribution < 1.29 is 23.5 Å². The lowest BCUT2D eigenvalue weighted by Crippen LogP contribution is -2.32. The molecule has 5 nitrogen and oxygen atoms in total. The van der Waals surface area contributed by atoms with Crippen molar-refractivity contribution >= 4 is 52.2 Å². The number of ether oxygens (including phenoxy) is 2. The minimum absolute atomic E-state index is 0.132. The maximum atomic E-state index is 13.1. The summed E-state index contributed by atoms with van der Waals surface area (Å²) in [5, 5.41) is 0.123. The Kier molecular flexibility index (Phi) is 8.00. The van der Waals surface area contributed by atoms with E-state index >= 15 is 0 Å². The number of nitrogens with zero attached hydrogens (tertiary/aromatic N) is 1. The zero-order chi connectivity index (χ0) is 24.9. The molecule has 1 saturated heterocycles. The Bertz CT molecular complexity index is 1260. The standard InChI is InChI=1S/C26H20Cl2FNO4S/c1-16-2-8-20(9-3-16)33-11-10-30-25(31)23(35-26(30)32)14-18-12-21(27)24(22(28)13-18)34-15-17-4-6-19(29)7-5-17/h2-9,12-14H,10-11,15H2,1H3/b23-14-. The van der Waals surface area contributed by atoms with Crippen LogP contribution < -0.4 is 9.47 Å². The van der Waals surface area contributed by atoms with E-state index in [0.29, 0.717) is 11.3 Å². The molecule has 180 valence electrons. The summed E-state index contributed by atoms with van der Waals surface area (Å²) in [4.78, 5) is 26.6. The third-order valence-electron chi connectivity index (χ3n) is 5.09. The molecule has 1 heterocycles. The van der Waals surface area contributed by atoms with E-state index in [1.165, 1.54) is 12.1 Å². The van der Waals surface area contributed by atoms with Crippen LogP contribution in [0.15, 0.2) is 65.6 Å². The number of rotatable bonds is 8. The Hall–Kier alpha value is -3.00. The second kappa shape index (κ2) is 11.2. The molecule has 4 rings (SSSR count). The number of benzene rings is 3. The lowest BCUT2D eigenvalue weighted by molar-refractivity contribution is -0.123. The van der Waals surface area contributed by atoms with Gasteiger partial charge in [-0.1, -0.05) is 53.0 Å². The fourth-order valence-corrected chi connectivity index (χ4v) is 4.75. The van der Waals surface area contributed by atoms with Crippen molar-refractivity contribution in [1.29, 1.82) is 0 Å². The van der Waals surface area contributed by atoms with Gasteiger partial charge in [0.05, 0.1) is 21.5 Å². The van der Waals surface area contributed by atoms with E-state index in [2.05, 4.69) is 0 Å². The molecule has 3 aromatic rings. The molecule has 1 fully saturated rings. The maximum absolute atomic E-state index is 13.1. The Labute approximate surface area is 216 Å². The topological polar surface area (TPSA) is 55.8 Å². The van der Waals surface area contributed by atoms with Gasteiger partial charge in [0.2, 0.25) is 0 Å². The van der Waals surface area contributed by atoms with Gasteiger partial charge in [0, 0.05) is 0 Å². The first kappa shape index (κ1) is 25.1. The molecule has 9 heteroatoms. The minimum atomic E-state index is -0.406. The maximum Gasteiger partial charge on any atom is 0.293 e. The number of thioether (sulfide) groups is 1. The first-order chi connectivity index (χ1) is 16.8. The highest BCUT2D eigenvalue weighted by atomic mass is 35.5. The zero-order valence-electron chi connectivity index (χ0n) is 18.6. The third kappa shape index (κ3) is 6.36. The van der Waals surface area contributed by atoms with Crippen molar-refractivity contribution in [3.8, 4) is 11.5 Å². The Morgan fingerprint density at radius 1 is 0.971 bits per heavy atom. The van der Waals surface area contributed by atoms with Crippen LogP contribution in [-0.2, 0) is 11.4 Å². The van der Waals surface area contributed by atoms with Crippen LogP contribution in [-0.4, -0.2) is 29.2 Å². The van der Waals surface area contributed by atoms with E-state index in [1.807, 2.05) is 31.2 Å². The molecule has 35 heavy (non-hydrogen) atoms. The van der Waals surface area contributed by atoms with Crippen LogP contribution in [0.1, 0.15) is 16.7 Å². The quantitative estimate of drug-likeness (QED) is 0.289. The van der Waals surface area contributed by atoms with Gasteiger partial charge < -0.3 is 9.47 Å². The first-order valence-corrected chi connectivity index (χ1v) is 12.2. The van der Waals surface area contributed by atoms with Crippen LogP contribution in [0.3, 0.4) is 0 Å². The summed E-state index contributed by atoms with van der Waals surface area (Å²) < 4.78 is 24.4. The van der Waals surface area contributed by atoms with Crippen LogP contribution in [0.25, 0.3) is 6.08 Å². The minimum Gasteiger partial charge on any atom is -0.492 e. The number of carbonyl (C=O) groups excluding carboxylic acids is 2.